The zero-order valence-corrected chi connectivity index (χ0v) is 16.1. The van der Waals surface area contributed by atoms with E-state index in [4.69, 9.17) is 11.6 Å². The predicted octanol–water partition coefficient (Wildman–Crippen LogP) is 4.36. The topological polar surface area (TPSA) is 66.5 Å². The molecule has 2 aliphatic rings. The second-order valence-corrected chi connectivity index (χ2v) is 7.49. The van der Waals surface area contributed by atoms with Gasteiger partial charge in [0.05, 0.1) is 17.5 Å². The van der Waals surface area contributed by atoms with Crippen LogP contribution in [0.3, 0.4) is 0 Å². The lowest BCUT2D eigenvalue weighted by molar-refractivity contribution is -0.122. The molecule has 2 aromatic rings. The third-order valence-corrected chi connectivity index (χ3v) is 5.82. The van der Waals surface area contributed by atoms with Crippen LogP contribution < -0.4 is 10.2 Å². The van der Waals surface area contributed by atoms with Gasteiger partial charge in [-0.1, -0.05) is 29.8 Å². The second kappa shape index (κ2) is 7.24. The van der Waals surface area contributed by atoms with E-state index < -0.39 is 0 Å². The summed E-state index contributed by atoms with van der Waals surface area (Å²) in [6.07, 6.45) is 5.12. The number of halogens is 1. The maximum absolute atomic E-state index is 12.7. The summed E-state index contributed by atoms with van der Waals surface area (Å²) < 4.78 is 0. The number of imide groups is 1. The van der Waals surface area contributed by atoms with Gasteiger partial charge >= 0.3 is 0 Å². The number of hydrogen-bond donors (Lipinski definition) is 1. The summed E-state index contributed by atoms with van der Waals surface area (Å²) in [6, 6.07) is 11.8. The summed E-state index contributed by atoms with van der Waals surface area (Å²) in [5, 5.41) is 3.41. The molecule has 6 heteroatoms. The Bertz CT molecular complexity index is 971. The summed E-state index contributed by atoms with van der Waals surface area (Å²) >= 11 is 6.09. The van der Waals surface area contributed by atoms with Crippen LogP contribution in [0.15, 0.2) is 54.6 Å². The van der Waals surface area contributed by atoms with Crippen LogP contribution >= 0.6 is 11.6 Å². The molecule has 1 heterocycles. The number of benzene rings is 2. The van der Waals surface area contributed by atoms with Crippen LogP contribution in [-0.4, -0.2) is 17.7 Å². The monoisotopic (exact) mass is 394 g/mol. The van der Waals surface area contributed by atoms with Gasteiger partial charge in [0.2, 0.25) is 11.8 Å². The van der Waals surface area contributed by atoms with Crippen molar-refractivity contribution in [3.63, 3.8) is 0 Å². The number of nitrogens with one attached hydrogen (secondary N) is 1. The molecule has 0 bridgehead atoms. The predicted molar refractivity (Wildman–Crippen MR) is 108 cm³/mol. The average molecular weight is 395 g/mol. The van der Waals surface area contributed by atoms with Crippen molar-refractivity contribution in [3.8, 4) is 0 Å². The molecule has 1 saturated heterocycles. The Morgan fingerprint density at radius 1 is 1.00 bits per heavy atom. The van der Waals surface area contributed by atoms with Crippen LogP contribution in [0, 0.1) is 18.8 Å². The maximum Gasteiger partial charge on any atom is 0.255 e. The lowest BCUT2D eigenvalue weighted by atomic mass is 9.85. The number of amides is 3. The van der Waals surface area contributed by atoms with E-state index in [1.165, 1.54) is 4.90 Å². The van der Waals surface area contributed by atoms with E-state index in [0.29, 0.717) is 34.8 Å². The van der Waals surface area contributed by atoms with Crippen molar-refractivity contribution in [1.82, 2.24) is 0 Å². The zero-order valence-electron chi connectivity index (χ0n) is 15.3. The van der Waals surface area contributed by atoms with E-state index in [-0.39, 0.29) is 29.6 Å². The number of rotatable bonds is 3. The van der Waals surface area contributed by atoms with Crippen molar-refractivity contribution in [3.05, 3.63) is 70.8 Å². The highest BCUT2D eigenvalue weighted by atomic mass is 35.5. The minimum atomic E-state index is -0.283. The van der Waals surface area contributed by atoms with Gasteiger partial charge in [0.1, 0.15) is 0 Å². The Morgan fingerprint density at radius 3 is 2.21 bits per heavy atom. The van der Waals surface area contributed by atoms with Gasteiger partial charge in [-0.05, 0) is 61.7 Å². The Balaban J connectivity index is 1.53. The van der Waals surface area contributed by atoms with Crippen LogP contribution in [-0.2, 0) is 9.59 Å². The van der Waals surface area contributed by atoms with Gasteiger partial charge in [0, 0.05) is 16.3 Å². The minimum absolute atomic E-state index is 0.161. The van der Waals surface area contributed by atoms with Crippen LogP contribution in [0.5, 0.6) is 0 Å². The molecule has 142 valence electrons. The molecule has 0 radical (unpaired) electrons. The van der Waals surface area contributed by atoms with Gasteiger partial charge < -0.3 is 5.32 Å². The molecule has 1 aliphatic carbocycles. The van der Waals surface area contributed by atoms with Crippen LogP contribution in [0.25, 0.3) is 0 Å². The van der Waals surface area contributed by atoms with Gasteiger partial charge in [-0.15, -0.1) is 0 Å². The van der Waals surface area contributed by atoms with Gasteiger partial charge in [-0.25, -0.2) is 0 Å². The molecular formula is C22H19ClN2O3. The fraction of sp³-hybridized carbons (Fsp3) is 0.227. The van der Waals surface area contributed by atoms with Crippen molar-refractivity contribution < 1.29 is 14.4 Å². The van der Waals surface area contributed by atoms with Crippen LogP contribution in [0.1, 0.15) is 28.8 Å². The van der Waals surface area contributed by atoms with Crippen molar-refractivity contribution in [2.24, 2.45) is 11.8 Å². The quantitative estimate of drug-likeness (QED) is 0.621. The summed E-state index contributed by atoms with van der Waals surface area (Å²) in [7, 11) is 0. The molecule has 1 fully saturated rings. The van der Waals surface area contributed by atoms with Crippen molar-refractivity contribution >= 4 is 40.7 Å². The molecular weight excluding hydrogens is 376 g/mol. The summed E-state index contributed by atoms with van der Waals surface area (Å²) in [4.78, 5) is 39.1. The Hall–Kier alpha value is -2.92. The number of fused-ring (bicyclic) bond motifs is 1. The number of hydrogen-bond acceptors (Lipinski definition) is 3. The van der Waals surface area contributed by atoms with E-state index in [1.54, 1.807) is 42.5 Å². The first-order valence-electron chi connectivity index (χ1n) is 9.16. The number of nitrogens with zero attached hydrogens (tertiary/aromatic N) is 1. The Morgan fingerprint density at radius 2 is 1.61 bits per heavy atom. The molecule has 0 aromatic heterocycles. The van der Waals surface area contributed by atoms with E-state index in [9.17, 15) is 14.4 Å². The first-order chi connectivity index (χ1) is 13.5. The first-order valence-corrected chi connectivity index (χ1v) is 9.54. The normalized spacial score (nSPS) is 21.0. The van der Waals surface area contributed by atoms with Gasteiger partial charge in [-0.3, -0.25) is 19.3 Å². The average Bonchev–Trinajstić information content (AvgIpc) is 2.96. The molecule has 28 heavy (non-hydrogen) atoms. The highest BCUT2D eigenvalue weighted by Crippen LogP contribution is 2.37. The zero-order chi connectivity index (χ0) is 19.8. The van der Waals surface area contributed by atoms with Crippen molar-refractivity contribution in [2.45, 2.75) is 19.8 Å². The Kier molecular flexibility index (Phi) is 4.77. The number of allylic oxidation sites excluding steroid dienone is 2. The second-order valence-electron chi connectivity index (χ2n) is 7.08. The number of carbonyl (C=O) groups excluding carboxylic acids is 3. The standard InChI is InChI=1S/C22H19ClN2O3/c1-13-18(23)7-4-8-19(13)24-20(26)14-9-11-15(12-10-14)25-21(27)16-5-2-3-6-17(16)22(25)28/h2-4,7-12,16-17H,5-6H2,1H3,(H,24,26)/t16-,17-/m1/s1. The molecule has 2 atom stereocenters. The molecule has 0 saturated carbocycles. The summed E-state index contributed by atoms with van der Waals surface area (Å²) in [6.45, 7) is 1.83. The van der Waals surface area contributed by atoms with E-state index in [0.717, 1.165) is 5.56 Å². The van der Waals surface area contributed by atoms with Gasteiger partial charge in [0.15, 0.2) is 0 Å². The maximum atomic E-state index is 12.7. The van der Waals surface area contributed by atoms with E-state index in [1.807, 2.05) is 19.1 Å². The van der Waals surface area contributed by atoms with Gasteiger partial charge in [-0.2, -0.15) is 0 Å². The Labute approximate surface area is 168 Å². The summed E-state index contributed by atoms with van der Waals surface area (Å²) in [5.41, 5.74) is 2.36. The highest BCUT2D eigenvalue weighted by molar-refractivity contribution is 6.31. The van der Waals surface area contributed by atoms with Crippen molar-refractivity contribution in [2.75, 3.05) is 10.2 Å². The van der Waals surface area contributed by atoms with Crippen molar-refractivity contribution in [1.29, 1.82) is 0 Å². The number of anilines is 2. The van der Waals surface area contributed by atoms with E-state index >= 15 is 0 Å². The van der Waals surface area contributed by atoms with Crippen LogP contribution in [0.2, 0.25) is 5.02 Å². The van der Waals surface area contributed by atoms with Crippen LogP contribution in [0.4, 0.5) is 11.4 Å². The molecule has 3 amide bonds. The first kappa shape index (κ1) is 18.4. The lowest BCUT2D eigenvalue weighted by Gasteiger charge is -2.15. The third kappa shape index (κ3) is 3.12. The van der Waals surface area contributed by atoms with Gasteiger partial charge in [0.25, 0.3) is 5.91 Å². The molecule has 5 nitrogen and oxygen atoms in total. The third-order valence-electron chi connectivity index (χ3n) is 5.41. The number of carbonyl (C=O) groups is 3. The van der Waals surface area contributed by atoms with E-state index in [2.05, 4.69) is 5.32 Å². The largest absolute Gasteiger partial charge is 0.322 e. The molecule has 2 aromatic carbocycles. The molecule has 4 rings (SSSR count). The lowest BCUT2D eigenvalue weighted by Crippen LogP contribution is -2.30. The fourth-order valence-corrected chi connectivity index (χ4v) is 3.93. The molecule has 0 spiro atoms. The smallest absolute Gasteiger partial charge is 0.255 e. The molecule has 0 unspecified atom stereocenters. The minimum Gasteiger partial charge on any atom is -0.322 e. The SMILES string of the molecule is Cc1c(Cl)cccc1NC(=O)c1ccc(N2C(=O)[C@@H]3CC=CC[C@H]3C2=O)cc1. The fourth-order valence-electron chi connectivity index (χ4n) is 3.75. The highest BCUT2D eigenvalue weighted by Gasteiger charge is 2.47. The summed E-state index contributed by atoms with van der Waals surface area (Å²) in [5.74, 6) is -1.15. The molecule has 1 aliphatic heterocycles. The molecule has 1 N–H and O–H groups in total.